The minimum absolute atomic E-state index is 0.0704. The molecule has 1 aliphatic rings. The van der Waals surface area contributed by atoms with E-state index in [0.717, 1.165) is 37.3 Å². The monoisotopic (exact) mass is 342 g/mol. The molecule has 3 rings (SSSR count). The van der Waals surface area contributed by atoms with Gasteiger partial charge >= 0.3 is 0 Å². The van der Waals surface area contributed by atoms with E-state index < -0.39 is 0 Å². The summed E-state index contributed by atoms with van der Waals surface area (Å²) in [6.45, 7) is 5.17. The number of nitrogens with zero attached hydrogens (tertiary/aromatic N) is 3. The van der Waals surface area contributed by atoms with Crippen molar-refractivity contribution in [2.75, 3.05) is 32.8 Å². The standard InChI is InChI=1S/C19H26N4O2/c1-2-20-19(25)17-14-23(16-8-4-3-5-9-16)21-18(17)15-7-6-10-22(13-15)11-12-24/h3-5,8-9,14-15,24H,2,6-7,10-13H2,1H3,(H,20,25)/t15-/m0/s1. The highest BCUT2D eigenvalue weighted by Gasteiger charge is 2.28. The molecule has 25 heavy (non-hydrogen) atoms. The number of carbonyl (C=O) groups is 1. The van der Waals surface area contributed by atoms with Crippen molar-refractivity contribution in [3.63, 3.8) is 0 Å². The molecule has 2 aromatic rings. The topological polar surface area (TPSA) is 70.4 Å². The highest BCUT2D eigenvalue weighted by atomic mass is 16.3. The zero-order valence-electron chi connectivity index (χ0n) is 14.7. The first-order valence-corrected chi connectivity index (χ1v) is 8.99. The normalized spacial score (nSPS) is 18.2. The van der Waals surface area contributed by atoms with E-state index in [1.807, 2.05) is 43.5 Å². The van der Waals surface area contributed by atoms with Crippen LogP contribution in [0.2, 0.25) is 0 Å². The summed E-state index contributed by atoms with van der Waals surface area (Å²) in [5, 5.41) is 16.9. The van der Waals surface area contributed by atoms with Gasteiger partial charge in [0.1, 0.15) is 0 Å². The fraction of sp³-hybridized carbons (Fsp3) is 0.474. The third-order valence-corrected chi connectivity index (χ3v) is 4.65. The second-order valence-corrected chi connectivity index (χ2v) is 6.43. The molecule has 0 bridgehead atoms. The van der Waals surface area contributed by atoms with E-state index in [9.17, 15) is 9.90 Å². The highest BCUT2D eigenvalue weighted by molar-refractivity contribution is 5.95. The first-order chi connectivity index (χ1) is 12.2. The fourth-order valence-electron chi connectivity index (χ4n) is 3.46. The van der Waals surface area contributed by atoms with Gasteiger partial charge in [-0.1, -0.05) is 18.2 Å². The molecule has 0 radical (unpaired) electrons. The summed E-state index contributed by atoms with van der Waals surface area (Å²) in [6.07, 6.45) is 3.90. The van der Waals surface area contributed by atoms with Crippen molar-refractivity contribution < 1.29 is 9.90 Å². The van der Waals surface area contributed by atoms with Crippen molar-refractivity contribution in [2.45, 2.75) is 25.7 Å². The van der Waals surface area contributed by atoms with Crippen molar-refractivity contribution in [3.05, 3.63) is 47.8 Å². The summed E-state index contributed by atoms with van der Waals surface area (Å²) in [7, 11) is 0. The molecule has 1 saturated heterocycles. The van der Waals surface area contributed by atoms with E-state index >= 15 is 0 Å². The Kier molecular flexibility index (Phi) is 5.83. The van der Waals surface area contributed by atoms with E-state index in [4.69, 9.17) is 5.10 Å². The van der Waals surface area contributed by atoms with Gasteiger partial charge in [-0.15, -0.1) is 0 Å². The van der Waals surface area contributed by atoms with Crippen LogP contribution in [0.4, 0.5) is 0 Å². The Balaban J connectivity index is 1.93. The number of hydrogen-bond donors (Lipinski definition) is 2. The zero-order valence-corrected chi connectivity index (χ0v) is 14.7. The van der Waals surface area contributed by atoms with Crippen LogP contribution in [-0.4, -0.2) is 58.5 Å². The molecular formula is C19H26N4O2. The lowest BCUT2D eigenvalue weighted by atomic mass is 9.92. The van der Waals surface area contributed by atoms with Crippen LogP contribution in [0.25, 0.3) is 5.69 Å². The van der Waals surface area contributed by atoms with E-state index in [1.165, 1.54) is 0 Å². The molecule has 0 saturated carbocycles. The average molecular weight is 342 g/mol. The molecule has 6 nitrogen and oxygen atoms in total. The quantitative estimate of drug-likeness (QED) is 0.840. The van der Waals surface area contributed by atoms with E-state index in [1.54, 1.807) is 4.68 Å². The molecule has 1 aromatic heterocycles. The van der Waals surface area contributed by atoms with E-state index in [2.05, 4.69) is 10.2 Å². The number of benzene rings is 1. The molecule has 134 valence electrons. The van der Waals surface area contributed by atoms with Gasteiger partial charge in [-0.25, -0.2) is 4.68 Å². The number of carbonyl (C=O) groups excluding carboxylic acids is 1. The highest BCUT2D eigenvalue weighted by Crippen LogP contribution is 2.29. The first kappa shape index (κ1) is 17.6. The van der Waals surface area contributed by atoms with Crippen LogP contribution in [0.5, 0.6) is 0 Å². The third-order valence-electron chi connectivity index (χ3n) is 4.65. The van der Waals surface area contributed by atoms with Gasteiger partial charge in [-0.2, -0.15) is 5.10 Å². The van der Waals surface area contributed by atoms with Crippen LogP contribution in [0.15, 0.2) is 36.5 Å². The number of aliphatic hydroxyl groups excluding tert-OH is 1. The molecule has 2 heterocycles. The molecule has 1 aromatic carbocycles. The van der Waals surface area contributed by atoms with Gasteiger partial charge in [0.15, 0.2) is 0 Å². The summed E-state index contributed by atoms with van der Waals surface area (Å²) in [4.78, 5) is 14.8. The van der Waals surface area contributed by atoms with E-state index in [-0.39, 0.29) is 18.4 Å². The molecule has 1 amide bonds. The van der Waals surface area contributed by atoms with E-state index in [0.29, 0.717) is 18.7 Å². The van der Waals surface area contributed by atoms with Crippen LogP contribution in [0.3, 0.4) is 0 Å². The largest absolute Gasteiger partial charge is 0.395 e. The van der Waals surface area contributed by atoms with Gasteiger partial charge in [0.05, 0.1) is 23.6 Å². The van der Waals surface area contributed by atoms with Crippen LogP contribution >= 0.6 is 0 Å². The number of nitrogens with one attached hydrogen (secondary N) is 1. The predicted molar refractivity (Wildman–Crippen MR) is 97.1 cm³/mol. The lowest BCUT2D eigenvalue weighted by molar-refractivity contribution is 0.0952. The van der Waals surface area contributed by atoms with Crippen molar-refractivity contribution >= 4 is 5.91 Å². The van der Waals surface area contributed by atoms with Crippen molar-refractivity contribution in [2.24, 2.45) is 0 Å². The maximum absolute atomic E-state index is 12.5. The Morgan fingerprint density at radius 3 is 2.88 bits per heavy atom. The number of likely N-dealkylation sites (tertiary alicyclic amines) is 1. The Labute approximate surface area is 148 Å². The van der Waals surface area contributed by atoms with Crippen LogP contribution in [0.1, 0.15) is 41.7 Å². The van der Waals surface area contributed by atoms with Crippen molar-refractivity contribution in [1.29, 1.82) is 0 Å². The molecular weight excluding hydrogens is 316 g/mol. The minimum atomic E-state index is -0.0704. The smallest absolute Gasteiger partial charge is 0.254 e. The summed E-state index contributed by atoms with van der Waals surface area (Å²) < 4.78 is 1.80. The van der Waals surface area contributed by atoms with Crippen LogP contribution in [-0.2, 0) is 0 Å². The molecule has 0 spiro atoms. The van der Waals surface area contributed by atoms with Crippen LogP contribution in [0, 0.1) is 0 Å². The number of aromatic nitrogens is 2. The Bertz CT molecular complexity index is 697. The summed E-state index contributed by atoms with van der Waals surface area (Å²) in [5.74, 6) is 0.141. The molecule has 0 aliphatic carbocycles. The number of β-amino-alcohol motifs (C(OH)–C–C–N with tert-alkyl or cyclic N) is 1. The Morgan fingerprint density at radius 2 is 2.16 bits per heavy atom. The second kappa shape index (κ2) is 8.27. The summed E-state index contributed by atoms with van der Waals surface area (Å²) in [5.41, 5.74) is 2.46. The lowest BCUT2D eigenvalue weighted by Gasteiger charge is -2.31. The molecule has 6 heteroatoms. The number of rotatable bonds is 6. The predicted octanol–water partition coefficient (Wildman–Crippen LogP) is 1.79. The molecule has 0 unspecified atom stereocenters. The molecule has 1 fully saturated rings. The number of aliphatic hydroxyl groups is 1. The fourth-order valence-corrected chi connectivity index (χ4v) is 3.46. The number of piperidine rings is 1. The van der Waals surface area contributed by atoms with Crippen LogP contribution < -0.4 is 5.32 Å². The van der Waals surface area contributed by atoms with Gasteiger partial charge in [0, 0.05) is 31.7 Å². The number of para-hydroxylation sites is 1. The first-order valence-electron chi connectivity index (χ1n) is 8.99. The molecule has 1 aliphatic heterocycles. The van der Waals surface area contributed by atoms with Crippen molar-refractivity contribution in [1.82, 2.24) is 20.0 Å². The second-order valence-electron chi connectivity index (χ2n) is 6.43. The van der Waals surface area contributed by atoms with Crippen molar-refractivity contribution in [3.8, 4) is 5.69 Å². The number of amides is 1. The van der Waals surface area contributed by atoms with Gasteiger partial charge in [0.25, 0.3) is 5.91 Å². The lowest BCUT2D eigenvalue weighted by Crippen LogP contribution is -2.37. The Morgan fingerprint density at radius 1 is 1.36 bits per heavy atom. The van der Waals surface area contributed by atoms with Gasteiger partial charge < -0.3 is 15.3 Å². The summed E-state index contributed by atoms with van der Waals surface area (Å²) in [6, 6.07) is 9.86. The number of hydrogen-bond acceptors (Lipinski definition) is 4. The maximum atomic E-state index is 12.5. The van der Waals surface area contributed by atoms with Gasteiger partial charge in [0.2, 0.25) is 0 Å². The maximum Gasteiger partial charge on any atom is 0.254 e. The third kappa shape index (κ3) is 4.08. The average Bonchev–Trinajstić information content (AvgIpc) is 3.09. The molecule has 2 N–H and O–H groups in total. The van der Waals surface area contributed by atoms with Gasteiger partial charge in [-0.3, -0.25) is 4.79 Å². The minimum Gasteiger partial charge on any atom is -0.395 e. The zero-order chi connectivity index (χ0) is 17.6. The molecule has 1 atom stereocenters. The SMILES string of the molecule is CCNC(=O)c1cn(-c2ccccc2)nc1[C@H]1CCCN(CCO)C1. The van der Waals surface area contributed by atoms with Gasteiger partial charge in [-0.05, 0) is 38.4 Å². The summed E-state index contributed by atoms with van der Waals surface area (Å²) >= 11 is 0. The Hall–Kier alpha value is -2.18.